The van der Waals surface area contributed by atoms with Crippen LogP contribution in [0.25, 0.3) is 11.0 Å². The smallest absolute Gasteiger partial charge is 0.103 e. The summed E-state index contributed by atoms with van der Waals surface area (Å²) in [7, 11) is 8.36. The first-order chi connectivity index (χ1) is 8.71. The van der Waals surface area contributed by atoms with Crippen molar-refractivity contribution in [2.45, 2.75) is 37.8 Å². The lowest BCUT2D eigenvalue weighted by molar-refractivity contribution is 0.0360. The lowest BCUT2D eigenvalue weighted by Crippen LogP contribution is -2.54. The lowest BCUT2D eigenvalue weighted by atomic mass is 9.69. The predicted octanol–water partition coefficient (Wildman–Crippen LogP) is 2.14. The third-order valence-electron chi connectivity index (χ3n) is 4.75. The number of fused-ring (bicyclic) bond motifs is 3. The van der Waals surface area contributed by atoms with Crippen LogP contribution in [0.4, 0.5) is 0 Å². The van der Waals surface area contributed by atoms with Gasteiger partial charge in [-0.2, -0.15) is 0 Å². The van der Waals surface area contributed by atoms with Crippen LogP contribution in [0.5, 0.6) is 0 Å². The van der Waals surface area contributed by atoms with Crippen LogP contribution in [-0.4, -0.2) is 25.0 Å². The third-order valence-corrected chi connectivity index (χ3v) is 4.75. The lowest BCUT2D eigenvalue weighted by Gasteiger charge is -2.58. The Morgan fingerprint density at radius 3 is 2.83 bits per heavy atom. The fourth-order valence-corrected chi connectivity index (χ4v) is 3.44. The molecule has 0 unspecified atom stereocenters. The van der Waals surface area contributed by atoms with Crippen molar-refractivity contribution in [1.29, 1.82) is 0 Å². The van der Waals surface area contributed by atoms with Crippen molar-refractivity contribution in [3.63, 3.8) is 0 Å². The van der Waals surface area contributed by atoms with Crippen LogP contribution in [0.2, 0.25) is 0 Å². The molecule has 2 aromatic rings. The maximum absolute atomic E-state index is 4.35. The van der Waals surface area contributed by atoms with E-state index in [9.17, 15) is 0 Å². The fraction of sp³-hybridized carbons (Fsp3) is 0.429. The largest absolute Gasteiger partial charge is 0.468 e. The van der Waals surface area contributed by atoms with E-state index in [4.69, 9.17) is 0 Å². The fourth-order valence-electron chi connectivity index (χ4n) is 3.44. The molecule has 18 heavy (non-hydrogen) atoms. The quantitative estimate of drug-likeness (QED) is 0.662. The molecule has 0 atom stereocenters. The van der Waals surface area contributed by atoms with Crippen molar-refractivity contribution in [2.24, 2.45) is 0 Å². The summed E-state index contributed by atoms with van der Waals surface area (Å²) in [6.45, 7) is 0.870. The minimum Gasteiger partial charge on any atom is -0.468 e. The molecule has 3 heterocycles. The van der Waals surface area contributed by atoms with E-state index >= 15 is 0 Å². The van der Waals surface area contributed by atoms with Crippen LogP contribution in [0.15, 0.2) is 12.5 Å². The molecule has 1 spiro atoms. The van der Waals surface area contributed by atoms with Gasteiger partial charge in [0.25, 0.3) is 0 Å². The van der Waals surface area contributed by atoms with Crippen molar-refractivity contribution in [3.8, 4) is 0 Å². The summed E-state index contributed by atoms with van der Waals surface area (Å²) < 4.78 is 1.95. The molecule has 1 aliphatic heterocycles. The molecule has 1 aliphatic carbocycles. The number of rotatable bonds is 0. The average molecular weight is 240 g/mol. The van der Waals surface area contributed by atoms with E-state index in [-0.39, 0.29) is 5.54 Å². The SMILES string of the molecule is [CH2-]N1Cc2c(c3cncnc3n2[CH2-])CC12CCC2. The van der Waals surface area contributed by atoms with E-state index in [1.807, 2.05) is 10.8 Å². The van der Waals surface area contributed by atoms with Crippen molar-refractivity contribution < 1.29 is 0 Å². The molecule has 0 bridgehead atoms. The number of nitrogens with zero attached hydrogens (tertiary/aromatic N) is 4. The highest BCUT2D eigenvalue weighted by Gasteiger charge is 2.40. The van der Waals surface area contributed by atoms with Gasteiger partial charge in [-0.15, -0.1) is 7.05 Å². The molecule has 4 rings (SSSR count). The highest BCUT2D eigenvalue weighted by molar-refractivity contribution is 5.82. The number of aromatic nitrogens is 3. The third kappa shape index (κ3) is 1.11. The van der Waals surface area contributed by atoms with E-state index in [1.165, 1.54) is 35.9 Å². The second-order valence-corrected chi connectivity index (χ2v) is 5.57. The molecule has 0 aromatic carbocycles. The summed E-state index contributed by atoms with van der Waals surface area (Å²) in [6.07, 6.45) is 8.42. The first kappa shape index (κ1) is 10.4. The van der Waals surface area contributed by atoms with Crippen molar-refractivity contribution in [1.82, 2.24) is 19.4 Å². The zero-order valence-corrected chi connectivity index (χ0v) is 10.4. The van der Waals surface area contributed by atoms with E-state index in [0.29, 0.717) is 0 Å². The second kappa shape index (κ2) is 3.26. The Hall–Kier alpha value is -1.55. The maximum Gasteiger partial charge on any atom is 0.103 e. The van der Waals surface area contributed by atoms with Gasteiger partial charge in [0, 0.05) is 11.8 Å². The molecule has 1 saturated carbocycles. The van der Waals surface area contributed by atoms with Gasteiger partial charge in [-0.25, -0.2) is 4.98 Å². The molecule has 1 fully saturated rings. The molecule has 4 nitrogen and oxygen atoms in total. The van der Waals surface area contributed by atoms with Gasteiger partial charge >= 0.3 is 0 Å². The van der Waals surface area contributed by atoms with Crippen molar-refractivity contribution in [2.75, 3.05) is 0 Å². The van der Waals surface area contributed by atoms with Gasteiger partial charge in [0.15, 0.2) is 0 Å². The van der Waals surface area contributed by atoms with Gasteiger partial charge in [0.05, 0.1) is 0 Å². The summed E-state index contributed by atoms with van der Waals surface area (Å²) in [4.78, 5) is 10.8. The summed E-state index contributed by atoms with van der Waals surface area (Å²) in [6, 6.07) is 0. The van der Waals surface area contributed by atoms with Crippen LogP contribution in [0.3, 0.4) is 0 Å². The van der Waals surface area contributed by atoms with Gasteiger partial charge in [0.2, 0.25) is 0 Å². The van der Waals surface area contributed by atoms with Crippen LogP contribution >= 0.6 is 0 Å². The summed E-state index contributed by atoms with van der Waals surface area (Å²) in [5.74, 6) is 0. The Bertz CT molecular complexity index is 624. The first-order valence-electron chi connectivity index (χ1n) is 6.42. The zero-order chi connectivity index (χ0) is 12.3. The molecule has 0 N–H and O–H groups in total. The van der Waals surface area contributed by atoms with Gasteiger partial charge in [-0.3, -0.25) is 12.0 Å². The Labute approximate surface area is 107 Å². The van der Waals surface area contributed by atoms with E-state index < -0.39 is 0 Å². The average Bonchev–Trinajstić information content (AvgIpc) is 2.61. The van der Waals surface area contributed by atoms with Crippen molar-refractivity contribution >= 4 is 11.0 Å². The topological polar surface area (TPSA) is 34.0 Å². The Morgan fingerprint density at radius 1 is 1.28 bits per heavy atom. The van der Waals surface area contributed by atoms with Crippen LogP contribution in [-0.2, 0) is 13.0 Å². The standard InChI is InChI=1S/C14H16N4/c1-17-8-12-10(6-14(17)4-3-5-14)11-7-15-9-16-13(11)18(12)2/h7,9H,1-6,8H2/q-2. The Morgan fingerprint density at radius 2 is 2.11 bits per heavy atom. The molecule has 2 aromatic heterocycles. The second-order valence-electron chi connectivity index (χ2n) is 5.57. The van der Waals surface area contributed by atoms with Gasteiger partial charge in [-0.1, -0.05) is 11.3 Å². The minimum atomic E-state index is 0.289. The molecule has 2 aliphatic rings. The highest BCUT2D eigenvalue weighted by atomic mass is 15.2. The molecule has 94 valence electrons. The summed E-state index contributed by atoms with van der Waals surface area (Å²) in [5.41, 5.74) is 3.87. The van der Waals surface area contributed by atoms with Gasteiger partial charge in [-0.05, 0) is 43.2 Å². The summed E-state index contributed by atoms with van der Waals surface area (Å²) in [5, 5.41) is 1.17. The molecule has 0 amide bonds. The highest BCUT2D eigenvalue weighted by Crippen LogP contribution is 2.46. The zero-order valence-electron chi connectivity index (χ0n) is 10.4. The normalized spacial score (nSPS) is 22.1. The summed E-state index contributed by atoms with van der Waals surface area (Å²) >= 11 is 0. The predicted molar refractivity (Wildman–Crippen MR) is 69.5 cm³/mol. The van der Waals surface area contributed by atoms with Gasteiger partial charge < -0.3 is 9.47 Å². The Balaban J connectivity index is 1.94. The molecule has 4 heteroatoms. The molecular formula is C14H16N4-2. The van der Waals surface area contributed by atoms with Gasteiger partial charge in [0.1, 0.15) is 6.33 Å². The Kier molecular flexibility index (Phi) is 1.88. The number of hydrogen-bond donors (Lipinski definition) is 0. The molecule has 0 saturated heterocycles. The molecule has 0 radical (unpaired) electrons. The van der Waals surface area contributed by atoms with Crippen LogP contribution < -0.4 is 0 Å². The molecular weight excluding hydrogens is 224 g/mol. The van der Waals surface area contributed by atoms with E-state index in [0.717, 1.165) is 18.6 Å². The maximum atomic E-state index is 4.35. The monoisotopic (exact) mass is 240 g/mol. The minimum absolute atomic E-state index is 0.289. The van der Waals surface area contributed by atoms with E-state index in [2.05, 4.69) is 29.0 Å². The van der Waals surface area contributed by atoms with Crippen molar-refractivity contribution in [3.05, 3.63) is 37.9 Å². The number of hydrogen-bond acceptors (Lipinski definition) is 3. The first-order valence-corrected chi connectivity index (χ1v) is 6.42. The van der Waals surface area contributed by atoms with Crippen LogP contribution in [0, 0.1) is 14.1 Å². The van der Waals surface area contributed by atoms with Crippen LogP contribution in [0.1, 0.15) is 30.5 Å². The van der Waals surface area contributed by atoms with E-state index in [1.54, 1.807) is 6.33 Å².